The maximum absolute atomic E-state index is 13.6. The molecule has 0 spiro atoms. The van der Waals surface area contributed by atoms with E-state index in [-0.39, 0.29) is 11.8 Å². The molecule has 2 aliphatic heterocycles. The third kappa shape index (κ3) is 3.49. The summed E-state index contributed by atoms with van der Waals surface area (Å²) in [5.41, 5.74) is 3.83. The fourth-order valence-electron chi connectivity index (χ4n) is 4.40. The summed E-state index contributed by atoms with van der Waals surface area (Å²) in [6, 6.07) is 15.6. The lowest BCUT2D eigenvalue weighted by Gasteiger charge is -2.32. The smallest absolute Gasteiger partial charge is 0.278 e. The van der Waals surface area contributed by atoms with Gasteiger partial charge in [-0.2, -0.15) is 0 Å². The van der Waals surface area contributed by atoms with Crippen LogP contribution >= 0.6 is 0 Å². The van der Waals surface area contributed by atoms with Crippen molar-refractivity contribution in [1.29, 1.82) is 0 Å². The van der Waals surface area contributed by atoms with E-state index in [2.05, 4.69) is 13.0 Å². The van der Waals surface area contributed by atoms with Crippen LogP contribution in [0, 0.1) is 0 Å². The molecule has 2 aromatic rings. The van der Waals surface area contributed by atoms with E-state index in [1.165, 1.54) is 10.5 Å². The number of ether oxygens (including phenoxy) is 1. The van der Waals surface area contributed by atoms with Crippen LogP contribution in [0.1, 0.15) is 43.7 Å². The van der Waals surface area contributed by atoms with Gasteiger partial charge in [0.05, 0.1) is 12.7 Å². The number of unbranched alkanes of at least 4 members (excludes halogenated alkanes) is 2. The molecule has 30 heavy (non-hydrogen) atoms. The average molecular weight is 405 g/mol. The summed E-state index contributed by atoms with van der Waals surface area (Å²) >= 11 is 0. The van der Waals surface area contributed by atoms with Crippen LogP contribution in [0.5, 0.6) is 5.75 Å². The fraction of sp³-hybridized carbons (Fsp3) is 0.360. The van der Waals surface area contributed by atoms with Crippen LogP contribution in [0.2, 0.25) is 0 Å². The number of aryl methyl sites for hydroxylation is 1. The van der Waals surface area contributed by atoms with E-state index in [9.17, 15) is 9.59 Å². The van der Waals surface area contributed by atoms with Gasteiger partial charge in [0, 0.05) is 24.3 Å². The SMILES string of the molecule is CCCCCN1C(=O)C(c2ccccc2OC)=C(N2CCCc3ccccc32)C1=O. The highest BCUT2D eigenvalue weighted by molar-refractivity contribution is 6.37. The third-order valence-electron chi connectivity index (χ3n) is 5.89. The molecule has 0 atom stereocenters. The molecule has 5 nitrogen and oxygen atoms in total. The quantitative estimate of drug-likeness (QED) is 0.506. The Bertz CT molecular complexity index is 995. The highest BCUT2D eigenvalue weighted by Gasteiger charge is 2.43. The van der Waals surface area contributed by atoms with Gasteiger partial charge in [-0.25, -0.2) is 0 Å². The van der Waals surface area contributed by atoms with Gasteiger partial charge in [-0.1, -0.05) is 56.2 Å². The minimum absolute atomic E-state index is 0.200. The van der Waals surface area contributed by atoms with Gasteiger partial charge < -0.3 is 9.64 Å². The number of hydrogen-bond acceptors (Lipinski definition) is 4. The predicted octanol–water partition coefficient (Wildman–Crippen LogP) is 4.42. The van der Waals surface area contributed by atoms with E-state index < -0.39 is 0 Å². The Labute approximate surface area is 177 Å². The van der Waals surface area contributed by atoms with Crippen molar-refractivity contribution < 1.29 is 14.3 Å². The molecular weight excluding hydrogens is 376 g/mol. The summed E-state index contributed by atoms with van der Waals surface area (Å²) in [5.74, 6) is 0.180. The van der Waals surface area contributed by atoms with Crippen LogP contribution in [0.4, 0.5) is 5.69 Å². The minimum Gasteiger partial charge on any atom is -0.496 e. The second kappa shape index (κ2) is 8.74. The number of fused-ring (bicyclic) bond motifs is 1. The summed E-state index contributed by atoms with van der Waals surface area (Å²) in [7, 11) is 1.59. The Morgan fingerprint density at radius 1 is 0.967 bits per heavy atom. The largest absolute Gasteiger partial charge is 0.496 e. The number of amides is 2. The van der Waals surface area contributed by atoms with E-state index >= 15 is 0 Å². The number of rotatable bonds is 7. The first-order valence-electron chi connectivity index (χ1n) is 10.8. The lowest BCUT2D eigenvalue weighted by molar-refractivity contribution is -0.137. The first-order chi connectivity index (χ1) is 14.7. The van der Waals surface area contributed by atoms with Crippen molar-refractivity contribution in [2.75, 3.05) is 25.1 Å². The van der Waals surface area contributed by atoms with Crippen molar-refractivity contribution in [2.45, 2.75) is 39.0 Å². The number of nitrogens with zero attached hydrogens (tertiary/aromatic N) is 2. The van der Waals surface area contributed by atoms with Crippen LogP contribution in [-0.2, 0) is 16.0 Å². The van der Waals surface area contributed by atoms with Crippen LogP contribution in [0.25, 0.3) is 5.57 Å². The first kappa shape index (κ1) is 20.2. The van der Waals surface area contributed by atoms with Gasteiger partial charge in [0.25, 0.3) is 11.8 Å². The molecule has 2 aliphatic rings. The number of anilines is 1. The molecule has 0 radical (unpaired) electrons. The van der Waals surface area contributed by atoms with Gasteiger partial charge in [0.2, 0.25) is 0 Å². The number of hydrogen-bond donors (Lipinski definition) is 0. The molecule has 0 fully saturated rings. The second-order valence-electron chi connectivity index (χ2n) is 7.78. The van der Waals surface area contributed by atoms with E-state index in [0.29, 0.717) is 35.7 Å². The number of methoxy groups -OCH3 is 1. The van der Waals surface area contributed by atoms with Gasteiger partial charge in [-0.15, -0.1) is 0 Å². The minimum atomic E-state index is -0.223. The maximum atomic E-state index is 13.6. The molecule has 5 heteroatoms. The monoisotopic (exact) mass is 404 g/mol. The Morgan fingerprint density at radius 2 is 1.73 bits per heavy atom. The van der Waals surface area contributed by atoms with E-state index in [4.69, 9.17) is 4.74 Å². The lowest BCUT2D eigenvalue weighted by Crippen LogP contribution is -2.37. The van der Waals surface area contributed by atoms with Gasteiger partial charge in [-0.3, -0.25) is 14.5 Å². The number of carbonyl (C=O) groups excluding carboxylic acids is 2. The van der Waals surface area contributed by atoms with E-state index in [1.54, 1.807) is 7.11 Å². The number of imide groups is 1. The zero-order valence-electron chi connectivity index (χ0n) is 17.7. The maximum Gasteiger partial charge on any atom is 0.278 e. The molecule has 0 bridgehead atoms. The summed E-state index contributed by atoms with van der Waals surface area (Å²) < 4.78 is 5.55. The Kier molecular flexibility index (Phi) is 5.88. The molecule has 0 N–H and O–H groups in total. The zero-order chi connectivity index (χ0) is 21.1. The molecule has 2 aromatic carbocycles. The average Bonchev–Trinajstić information content (AvgIpc) is 3.03. The standard InChI is InChI=1S/C25H28N2O3/c1-3-4-9-16-27-24(28)22(19-13-6-8-15-21(19)30-2)23(25(27)29)26-17-10-12-18-11-5-7-14-20(18)26/h5-8,11,13-15H,3-4,9-10,12,16-17H2,1-2H3. The van der Waals surface area contributed by atoms with Gasteiger partial charge in [0.1, 0.15) is 11.4 Å². The van der Waals surface area contributed by atoms with Crippen LogP contribution < -0.4 is 9.64 Å². The molecule has 0 aliphatic carbocycles. The lowest BCUT2D eigenvalue weighted by atomic mass is 9.98. The van der Waals surface area contributed by atoms with Crippen molar-refractivity contribution in [3.63, 3.8) is 0 Å². The van der Waals surface area contributed by atoms with Crippen molar-refractivity contribution in [3.05, 3.63) is 65.4 Å². The summed E-state index contributed by atoms with van der Waals surface area (Å²) in [4.78, 5) is 30.5. The van der Waals surface area contributed by atoms with Crippen molar-refractivity contribution in [2.24, 2.45) is 0 Å². The third-order valence-corrected chi connectivity index (χ3v) is 5.89. The van der Waals surface area contributed by atoms with Crippen molar-refractivity contribution >= 4 is 23.1 Å². The Balaban J connectivity index is 1.85. The number of para-hydroxylation sites is 2. The van der Waals surface area contributed by atoms with Gasteiger partial charge in [0.15, 0.2) is 0 Å². The molecule has 156 valence electrons. The summed E-state index contributed by atoms with van der Waals surface area (Å²) in [6.45, 7) is 3.28. The second-order valence-corrected chi connectivity index (χ2v) is 7.78. The van der Waals surface area contributed by atoms with E-state index in [0.717, 1.165) is 37.8 Å². The highest BCUT2D eigenvalue weighted by atomic mass is 16.5. The Hall–Kier alpha value is -3.08. The molecule has 2 amide bonds. The zero-order valence-corrected chi connectivity index (χ0v) is 17.7. The van der Waals surface area contributed by atoms with Crippen LogP contribution in [0.15, 0.2) is 54.2 Å². The molecule has 2 heterocycles. The van der Waals surface area contributed by atoms with E-state index in [1.807, 2.05) is 47.4 Å². The highest BCUT2D eigenvalue weighted by Crippen LogP contribution is 2.40. The normalized spacial score (nSPS) is 16.3. The molecule has 0 aromatic heterocycles. The van der Waals surface area contributed by atoms with Crippen LogP contribution in [0.3, 0.4) is 0 Å². The molecule has 0 saturated heterocycles. The fourth-order valence-corrected chi connectivity index (χ4v) is 4.40. The van der Waals surface area contributed by atoms with Gasteiger partial charge >= 0.3 is 0 Å². The van der Waals surface area contributed by atoms with Crippen LogP contribution in [-0.4, -0.2) is 36.9 Å². The molecule has 0 saturated carbocycles. The van der Waals surface area contributed by atoms with Crippen molar-refractivity contribution in [3.8, 4) is 5.75 Å². The summed E-state index contributed by atoms with van der Waals surface area (Å²) in [5, 5.41) is 0. The first-order valence-corrected chi connectivity index (χ1v) is 10.8. The molecule has 4 rings (SSSR count). The topological polar surface area (TPSA) is 49.9 Å². The molecule has 0 unspecified atom stereocenters. The van der Waals surface area contributed by atoms with Gasteiger partial charge in [-0.05, 0) is 37.0 Å². The Morgan fingerprint density at radius 3 is 2.53 bits per heavy atom. The van der Waals surface area contributed by atoms with Crippen molar-refractivity contribution in [1.82, 2.24) is 4.90 Å². The number of carbonyl (C=O) groups is 2. The number of benzene rings is 2. The summed E-state index contributed by atoms with van der Waals surface area (Å²) in [6.07, 6.45) is 4.76. The molecular formula is C25H28N2O3. The predicted molar refractivity (Wildman–Crippen MR) is 118 cm³/mol.